The number of amides is 1. The fourth-order valence-electron chi connectivity index (χ4n) is 6.57. The minimum Gasteiger partial charge on any atom is -0.493 e. The van der Waals surface area contributed by atoms with Crippen LogP contribution in [0.3, 0.4) is 0 Å². The molecule has 296 valence electrons. The average molecular weight is 768 g/mol. The Bertz CT molecular complexity index is 2050. The normalized spacial score (nSPS) is 13.2. The number of carbonyl (C=O) groups is 1. The Hall–Kier alpha value is -6.24. The first kappa shape index (κ1) is 39.5. The second kappa shape index (κ2) is 18.9. The number of para-hydroxylation sites is 1. The number of nitrogens with one attached hydrogen (secondary N) is 2. The summed E-state index contributed by atoms with van der Waals surface area (Å²) in [6, 6.07) is 22.3. The lowest BCUT2D eigenvalue weighted by atomic mass is 10.1. The molecule has 1 aliphatic heterocycles. The third-order valence-corrected chi connectivity index (χ3v) is 9.53. The predicted octanol–water partition coefficient (Wildman–Crippen LogP) is 8.71. The SMILES string of the molecule is COc1cc(C2NC(=O)c3ccccc3N2)ccc1OCCCCCCCCOc1c(OC)cc(-c2cc(-c3cc(OC)c(OC)c(OC)c3)on2)cc1OC. The molecule has 1 aliphatic rings. The quantitative estimate of drug-likeness (QED) is 0.0732. The number of hydrogen-bond acceptors (Lipinski definition) is 12. The van der Waals surface area contributed by atoms with Gasteiger partial charge in [0.05, 0.1) is 61.4 Å². The topological polar surface area (TPSA) is 141 Å². The van der Waals surface area contributed by atoms with Crippen LogP contribution < -0.4 is 48.5 Å². The van der Waals surface area contributed by atoms with E-state index in [-0.39, 0.29) is 12.1 Å². The summed E-state index contributed by atoms with van der Waals surface area (Å²) < 4.78 is 51.4. The first-order valence-electron chi connectivity index (χ1n) is 18.5. The monoisotopic (exact) mass is 767 g/mol. The molecule has 0 aliphatic carbocycles. The van der Waals surface area contributed by atoms with Gasteiger partial charge in [0, 0.05) is 22.9 Å². The average Bonchev–Trinajstić information content (AvgIpc) is 3.74. The first-order chi connectivity index (χ1) is 27.4. The van der Waals surface area contributed by atoms with Gasteiger partial charge in [-0.15, -0.1) is 0 Å². The number of aromatic nitrogens is 1. The van der Waals surface area contributed by atoms with Gasteiger partial charge >= 0.3 is 0 Å². The van der Waals surface area contributed by atoms with Crippen LogP contribution in [0.1, 0.15) is 60.6 Å². The van der Waals surface area contributed by atoms with Gasteiger partial charge in [0.1, 0.15) is 11.9 Å². The number of benzene rings is 4. The maximum absolute atomic E-state index is 12.6. The van der Waals surface area contributed by atoms with Crippen molar-refractivity contribution in [2.75, 3.05) is 61.2 Å². The molecule has 2 N–H and O–H groups in total. The molecule has 0 bridgehead atoms. The van der Waals surface area contributed by atoms with Gasteiger partial charge in [-0.2, -0.15) is 0 Å². The molecule has 0 saturated carbocycles. The van der Waals surface area contributed by atoms with Crippen LogP contribution in [-0.2, 0) is 0 Å². The molecule has 0 saturated heterocycles. The van der Waals surface area contributed by atoms with Crippen molar-refractivity contribution in [3.05, 3.63) is 83.9 Å². The third-order valence-electron chi connectivity index (χ3n) is 9.53. The highest BCUT2D eigenvalue weighted by molar-refractivity contribution is 6.01. The summed E-state index contributed by atoms with van der Waals surface area (Å²) in [5, 5.41) is 10.7. The third kappa shape index (κ3) is 8.99. The molecule has 13 nitrogen and oxygen atoms in total. The Balaban J connectivity index is 0.940. The fraction of sp³-hybridized carbons (Fsp3) is 0.349. The molecule has 1 atom stereocenters. The number of carbonyl (C=O) groups excluding carboxylic acids is 1. The maximum atomic E-state index is 12.6. The second-order valence-corrected chi connectivity index (χ2v) is 13.0. The van der Waals surface area contributed by atoms with E-state index >= 15 is 0 Å². The van der Waals surface area contributed by atoms with Crippen molar-refractivity contribution in [1.29, 1.82) is 0 Å². The van der Waals surface area contributed by atoms with E-state index in [1.165, 1.54) is 0 Å². The number of ether oxygens (including phenoxy) is 8. The minimum atomic E-state index is -0.363. The summed E-state index contributed by atoms with van der Waals surface area (Å²) >= 11 is 0. The Morgan fingerprint density at radius 1 is 0.571 bits per heavy atom. The van der Waals surface area contributed by atoms with Crippen molar-refractivity contribution < 1.29 is 47.2 Å². The van der Waals surface area contributed by atoms with Crippen LogP contribution in [0.4, 0.5) is 5.69 Å². The highest BCUT2D eigenvalue weighted by Crippen LogP contribution is 2.44. The van der Waals surface area contributed by atoms with E-state index in [1.807, 2.05) is 54.6 Å². The van der Waals surface area contributed by atoms with Gasteiger partial charge in [0.2, 0.25) is 11.5 Å². The standard InChI is InChI=1S/C43H49N3O10/c1-48-35-21-27(42-44-31-16-12-11-15-30(31)43(47)45-42)17-18-33(35)54-19-13-9-7-8-10-14-20-55-41-38(51-4)22-28(23-39(41)52-5)32-26-34(56-46-32)29-24-36(49-2)40(53-6)37(25-29)50-3/h11-12,15-18,21-26,42,44H,7-10,13-14,19-20H2,1-6H3,(H,45,47). The van der Waals surface area contributed by atoms with E-state index in [2.05, 4.69) is 15.8 Å². The molecule has 0 fully saturated rings. The van der Waals surface area contributed by atoms with Crippen LogP contribution >= 0.6 is 0 Å². The van der Waals surface area contributed by atoms with Crippen LogP contribution in [0.5, 0.6) is 46.0 Å². The van der Waals surface area contributed by atoms with Crippen molar-refractivity contribution in [3.63, 3.8) is 0 Å². The maximum Gasteiger partial charge on any atom is 0.255 e. The van der Waals surface area contributed by atoms with E-state index in [9.17, 15) is 4.79 Å². The van der Waals surface area contributed by atoms with Crippen LogP contribution in [0, 0.1) is 0 Å². The summed E-state index contributed by atoms with van der Waals surface area (Å²) in [5.41, 5.74) is 4.36. The van der Waals surface area contributed by atoms with Gasteiger partial charge in [0.25, 0.3) is 5.91 Å². The zero-order chi connectivity index (χ0) is 39.4. The molecule has 1 amide bonds. The van der Waals surface area contributed by atoms with Crippen LogP contribution in [0.2, 0.25) is 0 Å². The van der Waals surface area contributed by atoms with Crippen LogP contribution in [0.15, 0.2) is 77.3 Å². The molecule has 13 heteroatoms. The van der Waals surface area contributed by atoms with Gasteiger partial charge in [0.15, 0.2) is 40.3 Å². The van der Waals surface area contributed by atoms with Crippen molar-refractivity contribution in [2.24, 2.45) is 0 Å². The summed E-state index contributed by atoms with van der Waals surface area (Å²) in [7, 11) is 9.50. The van der Waals surface area contributed by atoms with Crippen molar-refractivity contribution in [1.82, 2.24) is 10.5 Å². The Morgan fingerprint density at radius 2 is 1.16 bits per heavy atom. The Kier molecular flexibility index (Phi) is 13.3. The summed E-state index contributed by atoms with van der Waals surface area (Å²) in [4.78, 5) is 12.6. The fourth-order valence-corrected chi connectivity index (χ4v) is 6.57. The predicted molar refractivity (Wildman–Crippen MR) is 212 cm³/mol. The Morgan fingerprint density at radius 3 is 1.80 bits per heavy atom. The van der Waals surface area contributed by atoms with Crippen LogP contribution in [-0.4, -0.2) is 66.9 Å². The lowest BCUT2D eigenvalue weighted by Crippen LogP contribution is -2.38. The number of nitrogens with zero attached hydrogens (tertiary/aromatic N) is 1. The highest BCUT2D eigenvalue weighted by Gasteiger charge is 2.25. The van der Waals surface area contributed by atoms with E-state index in [0.29, 0.717) is 81.8 Å². The van der Waals surface area contributed by atoms with Gasteiger partial charge in [-0.05, 0) is 66.9 Å². The molecule has 6 rings (SSSR count). The largest absolute Gasteiger partial charge is 0.493 e. The molecule has 0 spiro atoms. The molecular formula is C43H49N3O10. The lowest BCUT2D eigenvalue weighted by Gasteiger charge is -2.28. The van der Waals surface area contributed by atoms with E-state index in [4.69, 9.17) is 42.4 Å². The summed E-state index contributed by atoms with van der Waals surface area (Å²) in [6.07, 6.45) is 5.69. The van der Waals surface area contributed by atoms with E-state index in [0.717, 1.165) is 55.3 Å². The highest BCUT2D eigenvalue weighted by atomic mass is 16.5. The molecular weight excluding hydrogens is 718 g/mol. The number of anilines is 1. The van der Waals surface area contributed by atoms with Crippen molar-refractivity contribution >= 4 is 11.6 Å². The van der Waals surface area contributed by atoms with Gasteiger partial charge in [-0.1, -0.05) is 49.0 Å². The number of fused-ring (bicyclic) bond motifs is 1. The molecule has 56 heavy (non-hydrogen) atoms. The van der Waals surface area contributed by atoms with Gasteiger partial charge < -0.3 is 53.1 Å². The molecule has 4 aromatic carbocycles. The zero-order valence-electron chi connectivity index (χ0n) is 32.7. The van der Waals surface area contributed by atoms with E-state index in [1.54, 1.807) is 60.9 Å². The lowest BCUT2D eigenvalue weighted by molar-refractivity contribution is 0.0935. The number of hydrogen-bond donors (Lipinski definition) is 2. The zero-order valence-corrected chi connectivity index (χ0v) is 32.7. The summed E-state index contributed by atoms with van der Waals surface area (Å²) in [5.74, 6) is 4.82. The van der Waals surface area contributed by atoms with Gasteiger partial charge in [-0.25, -0.2) is 0 Å². The van der Waals surface area contributed by atoms with Crippen LogP contribution in [0.25, 0.3) is 22.6 Å². The molecule has 0 radical (unpaired) electrons. The molecule has 1 unspecified atom stereocenters. The van der Waals surface area contributed by atoms with E-state index < -0.39 is 0 Å². The smallest absolute Gasteiger partial charge is 0.255 e. The minimum absolute atomic E-state index is 0.114. The molecule has 2 heterocycles. The number of unbranched alkanes of at least 4 members (excludes halogenated alkanes) is 5. The van der Waals surface area contributed by atoms with Crippen molar-refractivity contribution in [3.8, 4) is 68.6 Å². The number of rotatable bonds is 20. The molecule has 1 aromatic heterocycles. The molecule has 5 aromatic rings. The second-order valence-electron chi connectivity index (χ2n) is 13.0. The Labute approximate surface area is 327 Å². The van der Waals surface area contributed by atoms with Gasteiger partial charge in [-0.3, -0.25) is 4.79 Å². The van der Waals surface area contributed by atoms with Crippen molar-refractivity contribution in [2.45, 2.75) is 44.7 Å². The first-order valence-corrected chi connectivity index (χ1v) is 18.5. The summed E-state index contributed by atoms with van der Waals surface area (Å²) in [6.45, 7) is 1.10. The number of methoxy groups -OCH3 is 6.